The van der Waals surface area contributed by atoms with Crippen LogP contribution in [0.4, 0.5) is 10.2 Å². The highest BCUT2D eigenvalue weighted by molar-refractivity contribution is 5.94. The molecule has 1 aromatic heterocycles. The first kappa shape index (κ1) is 18.3. The zero-order chi connectivity index (χ0) is 18.8. The lowest BCUT2D eigenvalue weighted by Crippen LogP contribution is -2.36. The lowest BCUT2D eigenvalue weighted by Gasteiger charge is -2.24. The molecule has 1 saturated heterocycles. The van der Waals surface area contributed by atoms with Gasteiger partial charge in [-0.25, -0.2) is 14.4 Å². The Morgan fingerprint density at radius 1 is 1.38 bits per heavy atom. The van der Waals surface area contributed by atoms with Gasteiger partial charge in [-0.1, -0.05) is 0 Å². The van der Waals surface area contributed by atoms with Crippen LogP contribution in [0.15, 0.2) is 24.4 Å². The zero-order valence-corrected chi connectivity index (χ0v) is 15.4. The fraction of sp³-hybridized carbons (Fsp3) is 0.421. The molecule has 2 N–H and O–H groups in total. The van der Waals surface area contributed by atoms with E-state index in [4.69, 9.17) is 5.73 Å². The van der Waals surface area contributed by atoms with Crippen LogP contribution in [0.1, 0.15) is 33.7 Å². The molecule has 0 saturated carbocycles. The van der Waals surface area contributed by atoms with Crippen molar-refractivity contribution in [1.29, 1.82) is 0 Å². The van der Waals surface area contributed by atoms with Crippen molar-refractivity contribution in [3.8, 4) is 0 Å². The number of hydrogen-bond donors (Lipinski definition) is 1. The molecule has 0 bridgehead atoms. The van der Waals surface area contributed by atoms with Crippen molar-refractivity contribution >= 4 is 11.7 Å². The first-order chi connectivity index (χ1) is 12.3. The average Bonchev–Trinajstić information content (AvgIpc) is 3.09. The van der Waals surface area contributed by atoms with Gasteiger partial charge in [0.05, 0.1) is 6.54 Å². The smallest absolute Gasteiger partial charge is 0.253 e. The van der Waals surface area contributed by atoms with Gasteiger partial charge in [0, 0.05) is 30.9 Å². The number of likely N-dealkylation sites (tertiary alicyclic amines) is 1. The number of aryl methyl sites for hydroxylation is 2. The number of rotatable bonds is 4. The molecular weight excluding hydrogens is 333 g/mol. The van der Waals surface area contributed by atoms with Crippen molar-refractivity contribution in [3.05, 3.63) is 52.7 Å². The van der Waals surface area contributed by atoms with E-state index in [-0.39, 0.29) is 17.8 Å². The number of carbonyl (C=O) groups is 1. The largest absolute Gasteiger partial charge is 0.384 e. The van der Waals surface area contributed by atoms with Crippen molar-refractivity contribution in [1.82, 2.24) is 19.8 Å². The summed E-state index contributed by atoms with van der Waals surface area (Å²) in [7, 11) is 2.00. The van der Waals surface area contributed by atoms with Crippen LogP contribution in [0.3, 0.4) is 0 Å². The molecule has 1 fully saturated rings. The number of nitrogen functional groups attached to an aromatic ring is 1. The fourth-order valence-electron chi connectivity index (χ4n) is 3.38. The zero-order valence-electron chi connectivity index (χ0n) is 15.4. The van der Waals surface area contributed by atoms with Gasteiger partial charge in [0.2, 0.25) is 0 Å². The highest BCUT2D eigenvalue weighted by atomic mass is 19.1. The Bertz CT molecular complexity index is 802. The van der Waals surface area contributed by atoms with Gasteiger partial charge in [0.25, 0.3) is 5.91 Å². The average molecular weight is 357 g/mol. The van der Waals surface area contributed by atoms with Crippen LogP contribution in [-0.4, -0.2) is 51.9 Å². The Labute approximate surface area is 152 Å². The molecule has 2 aromatic rings. The van der Waals surface area contributed by atoms with Crippen LogP contribution < -0.4 is 5.73 Å². The van der Waals surface area contributed by atoms with E-state index in [1.54, 1.807) is 38.2 Å². The third kappa shape index (κ3) is 3.83. The molecule has 0 unspecified atom stereocenters. The predicted octanol–water partition coefficient (Wildman–Crippen LogP) is 2.16. The molecule has 2 heterocycles. The van der Waals surface area contributed by atoms with Crippen molar-refractivity contribution in [2.45, 2.75) is 32.9 Å². The van der Waals surface area contributed by atoms with Gasteiger partial charge in [0.15, 0.2) is 0 Å². The summed E-state index contributed by atoms with van der Waals surface area (Å²) in [5, 5.41) is 0. The second kappa shape index (κ2) is 7.37. The summed E-state index contributed by atoms with van der Waals surface area (Å²) in [6.07, 6.45) is 2.53. The highest BCUT2D eigenvalue weighted by Gasteiger charge is 2.30. The van der Waals surface area contributed by atoms with Gasteiger partial charge in [-0.2, -0.15) is 0 Å². The number of halogens is 1. The molecule has 1 aliphatic heterocycles. The monoisotopic (exact) mass is 357 g/mol. The third-order valence-electron chi connectivity index (χ3n) is 4.88. The number of aromatic nitrogens is 2. The summed E-state index contributed by atoms with van der Waals surface area (Å²) in [6.45, 7) is 5.26. The van der Waals surface area contributed by atoms with E-state index < -0.39 is 0 Å². The Hall–Kier alpha value is -2.54. The van der Waals surface area contributed by atoms with Crippen molar-refractivity contribution in [2.75, 3.05) is 25.9 Å². The van der Waals surface area contributed by atoms with Gasteiger partial charge < -0.3 is 10.6 Å². The molecule has 3 rings (SSSR count). The fourth-order valence-corrected chi connectivity index (χ4v) is 3.38. The summed E-state index contributed by atoms with van der Waals surface area (Å²) in [5.41, 5.74) is 7.25. The summed E-state index contributed by atoms with van der Waals surface area (Å²) in [6, 6.07) is 5.14. The minimum atomic E-state index is -0.247. The summed E-state index contributed by atoms with van der Waals surface area (Å²) >= 11 is 0. The molecule has 0 radical (unpaired) electrons. The SMILES string of the molecule is Cc1cc(C(=O)N2CC[C@H](N(C)Cc3nccc(N)n3)C2)cc(C)c1F. The summed E-state index contributed by atoms with van der Waals surface area (Å²) in [4.78, 5) is 25.2. The lowest BCUT2D eigenvalue weighted by atomic mass is 10.1. The van der Waals surface area contributed by atoms with Crippen LogP contribution >= 0.6 is 0 Å². The lowest BCUT2D eigenvalue weighted by molar-refractivity contribution is 0.0779. The minimum Gasteiger partial charge on any atom is -0.384 e. The quantitative estimate of drug-likeness (QED) is 0.908. The van der Waals surface area contributed by atoms with E-state index in [0.29, 0.717) is 48.0 Å². The topological polar surface area (TPSA) is 75.4 Å². The number of amides is 1. The molecular formula is C19H24FN5O. The molecule has 0 spiro atoms. The Balaban J connectivity index is 1.65. The maximum Gasteiger partial charge on any atom is 0.253 e. The van der Waals surface area contributed by atoms with Gasteiger partial charge in [-0.3, -0.25) is 9.69 Å². The van der Waals surface area contributed by atoms with E-state index in [2.05, 4.69) is 14.9 Å². The van der Waals surface area contributed by atoms with Gasteiger partial charge >= 0.3 is 0 Å². The highest BCUT2D eigenvalue weighted by Crippen LogP contribution is 2.21. The molecule has 0 aliphatic carbocycles. The summed E-state index contributed by atoms with van der Waals surface area (Å²) in [5.74, 6) is 0.825. The van der Waals surface area contributed by atoms with E-state index in [9.17, 15) is 9.18 Å². The Morgan fingerprint density at radius 3 is 2.73 bits per heavy atom. The number of hydrogen-bond acceptors (Lipinski definition) is 5. The number of nitrogens with two attached hydrogens (primary N) is 1. The van der Waals surface area contributed by atoms with Crippen molar-refractivity contribution < 1.29 is 9.18 Å². The maximum atomic E-state index is 13.8. The molecule has 1 amide bonds. The van der Waals surface area contributed by atoms with Crippen molar-refractivity contribution in [2.24, 2.45) is 0 Å². The van der Waals surface area contributed by atoms with Crippen LogP contribution in [-0.2, 0) is 6.54 Å². The van der Waals surface area contributed by atoms with Crippen LogP contribution in [0.5, 0.6) is 0 Å². The minimum absolute atomic E-state index is 0.0488. The molecule has 1 atom stereocenters. The second-order valence-electron chi connectivity index (χ2n) is 6.93. The van der Waals surface area contributed by atoms with Gasteiger partial charge in [0.1, 0.15) is 17.5 Å². The van der Waals surface area contributed by atoms with E-state index in [0.717, 1.165) is 6.42 Å². The number of nitrogens with zero attached hydrogens (tertiary/aromatic N) is 4. The van der Waals surface area contributed by atoms with Crippen LogP contribution in [0.25, 0.3) is 0 Å². The second-order valence-corrected chi connectivity index (χ2v) is 6.93. The first-order valence-electron chi connectivity index (χ1n) is 8.69. The predicted molar refractivity (Wildman–Crippen MR) is 98.1 cm³/mol. The van der Waals surface area contributed by atoms with E-state index in [1.807, 2.05) is 11.9 Å². The number of likely N-dealkylation sites (N-methyl/N-ethyl adjacent to an activating group) is 1. The molecule has 26 heavy (non-hydrogen) atoms. The molecule has 1 aromatic carbocycles. The normalized spacial score (nSPS) is 17.1. The van der Waals surface area contributed by atoms with Crippen molar-refractivity contribution in [3.63, 3.8) is 0 Å². The van der Waals surface area contributed by atoms with Gasteiger partial charge in [-0.15, -0.1) is 0 Å². The standard InChI is InChI=1S/C19H24FN5O/c1-12-8-14(9-13(2)18(12)20)19(26)25-7-5-15(10-25)24(3)11-17-22-6-4-16(21)23-17/h4,6,8-9,15H,5,7,10-11H2,1-3H3,(H2,21,22,23)/t15-/m0/s1. The Morgan fingerprint density at radius 2 is 2.08 bits per heavy atom. The van der Waals surface area contributed by atoms with E-state index in [1.165, 1.54) is 0 Å². The summed E-state index contributed by atoms with van der Waals surface area (Å²) < 4.78 is 13.8. The molecule has 7 heteroatoms. The Kier molecular flexibility index (Phi) is 5.18. The maximum absolute atomic E-state index is 13.8. The van der Waals surface area contributed by atoms with Gasteiger partial charge in [-0.05, 0) is 56.6 Å². The first-order valence-corrected chi connectivity index (χ1v) is 8.69. The number of benzene rings is 1. The molecule has 6 nitrogen and oxygen atoms in total. The number of anilines is 1. The van der Waals surface area contributed by atoms with E-state index >= 15 is 0 Å². The molecule has 138 valence electrons. The number of carbonyl (C=O) groups excluding carboxylic acids is 1. The third-order valence-corrected chi connectivity index (χ3v) is 4.88. The molecule has 1 aliphatic rings. The van der Waals surface area contributed by atoms with Crippen LogP contribution in [0.2, 0.25) is 0 Å². The van der Waals surface area contributed by atoms with Crippen LogP contribution in [0, 0.1) is 19.7 Å².